The Labute approximate surface area is 190 Å². The highest BCUT2D eigenvalue weighted by molar-refractivity contribution is 7.99. The van der Waals surface area contributed by atoms with Crippen LogP contribution in [0.1, 0.15) is 27.9 Å². The predicted molar refractivity (Wildman–Crippen MR) is 124 cm³/mol. The number of hydrogen-bond donors (Lipinski definition) is 1. The summed E-state index contributed by atoms with van der Waals surface area (Å²) in [6.07, 6.45) is 1.45. The number of rotatable bonds is 8. The van der Waals surface area contributed by atoms with Crippen LogP contribution in [0.5, 0.6) is 0 Å². The van der Waals surface area contributed by atoms with Crippen molar-refractivity contribution >= 4 is 29.5 Å². The molecular formula is C23H21N5O3S. The molecule has 0 aliphatic carbocycles. The van der Waals surface area contributed by atoms with Crippen LogP contribution in [0.4, 0.5) is 11.5 Å². The van der Waals surface area contributed by atoms with E-state index in [1.165, 1.54) is 24.0 Å². The average Bonchev–Trinajstić information content (AvgIpc) is 2.76. The van der Waals surface area contributed by atoms with E-state index in [-0.39, 0.29) is 12.3 Å². The van der Waals surface area contributed by atoms with Crippen molar-refractivity contribution in [1.29, 1.82) is 5.26 Å². The van der Waals surface area contributed by atoms with Gasteiger partial charge in [-0.05, 0) is 38.1 Å². The molecule has 0 bridgehead atoms. The van der Waals surface area contributed by atoms with Crippen molar-refractivity contribution in [2.75, 3.05) is 12.5 Å². The van der Waals surface area contributed by atoms with Crippen LogP contribution in [0.15, 0.2) is 63.4 Å². The van der Waals surface area contributed by atoms with E-state index in [9.17, 15) is 15.4 Å². The third-order valence-corrected chi connectivity index (χ3v) is 5.53. The van der Waals surface area contributed by atoms with Crippen molar-refractivity contribution in [2.45, 2.75) is 30.2 Å². The maximum absolute atomic E-state index is 11.6. The highest BCUT2D eigenvalue weighted by atomic mass is 32.2. The van der Waals surface area contributed by atoms with Crippen molar-refractivity contribution < 1.29 is 9.66 Å². The molecule has 0 amide bonds. The Morgan fingerprint density at radius 3 is 2.66 bits per heavy atom. The van der Waals surface area contributed by atoms with Crippen molar-refractivity contribution in [3.05, 3.63) is 86.6 Å². The zero-order valence-electron chi connectivity index (χ0n) is 17.8. The zero-order chi connectivity index (χ0) is 23.1. The Hall–Kier alpha value is -3.74. The van der Waals surface area contributed by atoms with Crippen LogP contribution in [0, 0.1) is 35.3 Å². The molecule has 0 aliphatic rings. The first kappa shape index (κ1) is 22.9. The Morgan fingerprint density at radius 2 is 2.00 bits per heavy atom. The second kappa shape index (κ2) is 10.5. The van der Waals surface area contributed by atoms with Gasteiger partial charge in [0.25, 0.3) is 5.69 Å². The van der Waals surface area contributed by atoms with Gasteiger partial charge in [-0.2, -0.15) is 10.4 Å². The van der Waals surface area contributed by atoms with E-state index in [1.54, 1.807) is 25.3 Å². The molecular weight excluding hydrogens is 426 g/mol. The molecule has 0 atom stereocenters. The fourth-order valence-corrected chi connectivity index (χ4v) is 3.86. The molecule has 3 rings (SSSR count). The first-order valence-corrected chi connectivity index (χ1v) is 10.4. The molecule has 0 radical (unpaired) electrons. The highest BCUT2D eigenvalue weighted by Gasteiger charge is 2.16. The first-order valence-electron chi connectivity index (χ1n) is 9.63. The maximum atomic E-state index is 11.6. The van der Waals surface area contributed by atoms with Crippen LogP contribution < -0.4 is 5.43 Å². The number of nitrogens with zero attached hydrogens (tertiary/aromatic N) is 4. The second-order valence-corrected chi connectivity index (χ2v) is 8.08. The number of anilines is 1. The van der Waals surface area contributed by atoms with Gasteiger partial charge in [-0.3, -0.25) is 15.5 Å². The molecule has 0 saturated carbocycles. The summed E-state index contributed by atoms with van der Waals surface area (Å²) in [6.45, 7) is 4.07. The topological polar surface area (TPSA) is 113 Å². The fourth-order valence-electron chi connectivity index (χ4n) is 2.96. The molecule has 0 spiro atoms. The standard InChI is InChI=1S/C23H21N5O3S/c1-15-4-7-19(8-5-15)32-22-9-6-17(11-21(22)28(29)30)13-25-27-23-20(12-24)18(14-31-3)10-16(2)26-23/h4-11,13H,14H2,1-3H3,(H,26,27)/b25-13+. The van der Waals surface area contributed by atoms with Gasteiger partial charge in [0.1, 0.15) is 11.6 Å². The Balaban J connectivity index is 1.82. The van der Waals surface area contributed by atoms with E-state index in [2.05, 4.69) is 21.6 Å². The molecule has 9 heteroatoms. The van der Waals surface area contributed by atoms with Crippen LogP contribution in [0.3, 0.4) is 0 Å². The molecule has 1 heterocycles. The van der Waals surface area contributed by atoms with Crippen molar-refractivity contribution in [2.24, 2.45) is 5.10 Å². The number of pyridine rings is 1. The lowest BCUT2D eigenvalue weighted by atomic mass is 10.1. The number of nitriles is 1. The van der Waals surface area contributed by atoms with Crippen molar-refractivity contribution in [3.63, 3.8) is 0 Å². The summed E-state index contributed by atoms with van der Waals surface area (Å²) in [7, 11) is 1.55. The average molecular weight is 448 g/mol. The zero-order valence-corrected chi connectivity index (χ0v) is 18.6. The fraction of sp³-hybridized carbons (Fsp3) is 0.174. The van der Waals surface area contributed by atoms with E-state index < -0.39 is 4.92 Å². The van der Waals surface area contributed by atoms with Crippen LogP contribution in [0.2, 0.25) is 0 Å². The van der Waals surface area contributed by atoms with Gasteiger partial charge in [0.15, 0.2) is 5.82 Å². The molecule has 0 unspecified atom stereocenters. The summed E-state index contributed by atoms with van der Waals surface area (Å²) in [5.41, 5.74) is 6.18. The first-order chi connectivity index (χ1) is 15.4. The SMILES string of the molecule is COCc1cc(C)nc(N/N=C/c2ccc(Sc3ccc(C)cc3)c([N+](=O)[O-])c2)c1C#N. The van der Waals surface area contributed by atoms with Gasteiger partial charge in [0.05, 0.1) is 22.6 Å². The third-order valence-electron chi connectivity index (χ3n) is 4.45. The maximum Gasteiger partial charge on any atom is 0.283 e. The van der Waals surface area contributed by atoms with Crippen molar-refractivity contribution in [1.82, 2.24) is 4.98 Å². The number of aromatic nitrogens is 1. The second-order valence-electron chi connectivity index (χ2n) is 6.96. The lowest BCUT2D eigenvalue weighted by Crippen LogP contribution is -2.03. The van der Waals surface area contributed by atoms with Gasteiger partial charge in [-0.25, -0.2) is 4.98 Å². The third kappa shape index (κ3) is 5.69. The van der Waals surface area contributed by atoms with Gasteiger partial charge >= 0.3 is 0 Å². The number of nitro benzene ring substituents is 1. The van der Waals surface area contributed by atoms with E-state index in [4.69, 9.17) is 4.74 Å². The molecule has 32 heavy (non-hydrogen) atoms. The number of nitro groups is 1. The lowest BCUT2D eigenvalue weighted by Gasteiger charge is -2.09. The monoisotopic (exact) mass is 447 g/mol. The Kier molecular flexibility index (Phi) is 7.54. The number of hydrogen-bond acceptors (Lipinski definition) is 8. The van der Waals surface area contributed by atoms with Gasteiger partial charge in [-0.1, -0.05) is 35.5 Å². The minimum atomic E-state index is -0.409. The van der Waals surface area contributed by atoms with Crippen LogP contribution in [-0.4, -0.2) is 23.2 Å². The minimum Gasteiger partial charge on any atom is -0.380 e. The van der Waals surface area contributed by atoms with E-state index in [0.29, 0.717) is 33.1 Å². The van der Waals surface area contributed by atoms with Gasteiger partial charge in [0, 0.05) is 34.9 Å². The molecule has 8 nitrogen and oxygen atoms in total. The number of hydrazone groups is 1. The number of nitrogens with one attached hydrogen (secondary N) is 1. The molecule has 2 aromatic carbocycles. The Morgan fingerprint density at radius 1 is 1.25 bits per heavy atom. The molecule has 3 aromatic rings. The quantitative estimate of drug-likeness (QED) is 0.286. The van der Waals surface area contributed by atoms with E-state index >= 15 is 0 Å². The number of benzene rings is 2. The van der Waals surface area contributed by atoms with Gasteiger partial charge < -0.3 is 4.74 Å². The van der Waals surface area contributed by atoms with Crippen LogP contribution >= 0.6 is 11.8 Å². The van der Waals surface area contributed by atoms with E-state index in [1.807, 2.05) is 38.1 Å². The number of ether oxygens (including phenoxy) is 1. The summed E-state index contributed by atoms with van der Waals surface area (Å²) < 4.78 is 5.14. The Bertz CT molecular complexity index is 1200. The number of methoxy groups -OCH3 is 1. The summed E-state index contributed by atoms with van der Waals surface area (Å²) in [4.78, 5) is 17.0. The number of aryl methyl sites for hydroxylation is 2. The molecule has 1 aromatic heterocycles. The minimum absolute atomic E-state index is 0.00620. The molecule has 162 valence electrons. The smallest absolute Gasteiger partial charge is 0.283 e. The predicted octanol–water partition coefficient (Wildman–Crippen LogP) is 5.22. The summed E-state index contributed by atoms with van der Waals surface area (Å²) in [6, 6.07) is 16.6. The normalized spacial score (nSPS) is 10.8. The van der Waals surface area contributed by atoms with Gasteiger partial charge in [-0.15, -0.1) is 0 Å². The van der Waals surface area contributed by atoms with Gasteiger partial charge in [0.2, 0.25) is 0 Å². The summed E-state index contributed by atoms with van der Waals surface area (Å²) in [5.74, 6) is 0.303. The largest absolute Gasteiger partial charge is 0.380 e. The molecule has 0 aliphatic heterocycles. The van der Waals surface area contributed by atoms with Crippen molar-refractivity contribution in [3.8, 4) is 6.07 Å². The molecule has 1 N–H and O–H groups in total. The van der Waals surface area contributed by atoms with E-state index in [0.717, 1.165) is 10.5 Å². The molecule has 0 saturated heterocycles. The molecule has 0 fully saturated rings. The van der Waals surface area contributed by atoms with Crippen LogP contribution in [-0.2, 0) is 11.3 Å². The lowest BCUT2D eigenvalue weighted by molar-refractivity contribution is -0.387. The summed E-state index contributed by atoms with van der Waals surface area (Å²) >= 11 is 1.33. The highest BCUT2D eigenvalue weighted by Crippen LogP contribution is 2.35. The summed E-state index contributed by atoms with van der Waals surface area (Å²) in [5, 5.41) is 25.2. The van der Waals surface area contributed by atoms with Crippen LogP contribution in [0.25, 0.3) is 0 Å².